The van der Waals surface area contributed by atoms with Gasteiger partial charge in [-0.3, -0.25) is 0 Å². The Hall–Kier alpha value is -1.58. The van der Waals surface area contributed by atoms with Gasteiger partial charge < -0.3 is 5.73 Å². The molecule has 2 rings (SSSR count). The first-order valence-electron chi connectivity index (χ1n) is 8.74. The number of nitrogen functional groups attached to an aromatic ring is 1. The normalized spacial score (nSPS) is 11.4. The molecule has 0 spiro atoms. The summed E-state index contributed by atoms with van der Waals surface area (Å²) in [5.74, 6) is 0.763. The van der Waals surface area contributed by atoms with Crippen molar-refractivity contribution < 1.29 is 0 Å². The van der Waals surface area contributed by atoms with Crippen molar-refractivity contribution in [2.75, 3.05) is 5.73 Å². The molecule has 2 aromatic rings. The Morgan fingerprint density at radius 1 is 1.00 bits per heavy atom. The van der Waals surface area contributed by atoms with Crippen LogP contribution in [0.15, 0.2) is 6.07 Å². The van der Waals surface area contributed by atoms with Crippen molar-refractivity contribution in [3.8, 4) is 0 Å². The van der Waals surface area contributed by atoms with Gasteiger partial charge in [-0.15, -0.1) is 0 Å². The Balaban J connectivity index is 1.84. The highest BCUT2D eigenvalue weighted by molar-refractivity contribution is 5.53. The second-order valence-electron chi connectivity index (χ2n) is 6.34. The van der Waals surface area contributed by atoms with Gasteiger partial charge in [0.2, 0.25) is 0 Å². The van der Waals surface area contributed by atoms with Gasteiger partial charge in [0, 0.05) is 17.3 Å². The van der Waals surface area contributed by atoms with Crippen molar-refractivity contribution in [2.45, 2.75) is 78.6 Å². The maximum atomic E-state index is 6.29. The second kappa shape index (κ2) is 8.16. The van der Waals surface area contributed by atoms with Crippen molar-refractivity contribution >= 4 is 11.5 Å². The van der Waals surface area contributed by atoms with Gasteiger partial charge in [0.1, 0.15) is 5.82 Å². The first-order valence-corrected chi connectivity index (χ1v) is 8.74. The van der Waals surface area contributed by atoms with Crippen LogP contribution in [-0.4, -0.2) is 14.6 Å². The lowest BCUT2D eigenvalue weighted by atomic mass is 10.0. The van der Waals surface area contributed by atoms with Crippen molar-refractivity contribution in [2.24, 2.45) is 0 Å². The molecule has 4 nitrogen and oxygen atoms in total. The van der Waals surface area contributed by atoms with Crippen LogP contribution in [0.4, 0.5) is 5.82 Å². The molecule has 2 heterocycles. The number of nitrogens with zero attached hydrogens (tertiary/aromatic N) is 3. The fourth-order valence-electron chi connectivity index (χ4n) is 3.04. The average molecular weight is 302 g/mol. The summed E-state index contributed by atoms with van der Waals surface area (Å²) in [6, 6.07) is 1.98. The number of nitrogens with two attached hydrogens (primary N) is 1. The third-order valence-electron chi connectivity index (χ3n) is 4.35. The Kier molecular flexibility index (Phi) is 6.22. The highest BCUT2D eigenvalue weighted by Gasteiger charge is 2.11. The van der Waals surface area contributed by atoms with E-state index in [0.717, 1.165) is 29.3 Å². The van der Waals surface area contributed by atoms with Gasteiger partial charge in [0.25, 0.3) is 0 Å². The van der Waals surface area contributed by atoms with Crippen LogP contribution in [0.5, 0.6) is 0 Å². The molecule has 0 fully saturated rings. The number of anilines is 1. The van der Waals surface area contributed by atoms with Gasteiger partial charge in [0.05, 0.1) is 5.69 Å². The van der Waals surface area contributed by atoms with Crippen LogP contribution in [0.25, 0.3) is 5.65 Å². The van der Waals surface area contributed by atoms with Gasteiger partial charge in [-0.1, -0.05) is 51.9 Å². The molecule has 2 aromatic heterocycles. The molecule has 0 aromatic carbocycles. The zero-order chi connectivity index (χ0) is 15.9. The largest absolute Gasteiger partial charge is 0.383 e. The van der Waals surface area contributed by atoms with Gasteiger partial charge >= 0.3 is 0 Å². The summed E-state index contributed by atoms with van der Waals surface area (Å²) in [5, 5.41) is 4.43. The zero-order valence-corrected chi connectivity index (χ0v) is 14.4. The van der Waals surface area contributed by atoms with Crippen molar-refractivity contribution in [3.63, 3.8) is 0 Å². The quantitative estimate of drug-likeness (QED) is 0.688. The molecule has 0 radical (unpaired) electrons. The molecule has 4 heteroatoms. The molecule has 0 aliphatic rings. The van der Waals surface area contributed by atoms with Crippen LogP contribution < -0.4 is 5.73 Å². The standard InChI is InChI=1S/C18H30N4/c1-4-5-6-7-8-9-10-11-12-16-15(3)20-17-13-14(2)21-22(17)18(16)19/h13H,4-12,19H2,1-3H3. The second-order valence-corrected chi connectivity index (χ2v) is 6.34. The number of unbranched alkanes of at least 4 members (excludes halogenated alkanes) is 7. The number of hydrogen-bond donors (Lipinski definition) is 1. The molecule has 0 unspecified atom stereocenters. The van der Waals surface area contributed by atoms with Crippen LogP contribution in [0.1, 0.15) is 75.2 Å². The maximum absolute atomic E-state index is 6.29. The van der Waals surface area contributed by atoms with Crippen LogP contribution in [0.3, 0.4) is 0 Å². The summed E-state index contributed by atoms with van der Waals surface area (Å²) in [5.41, 5.74) is 10.3. The first kappa shape index (κ1) is 16.8. The average Bonchev–Trinajstić information content (AvgIpc) is 2.85. The summed E-state index contributed by atoms with van der Waals surface area (Å²) in [6.07, 6.45) is 11.6. The first-order chi connectivity index (χ1) is 10.6. The molecule has 122 valence electrons. The molecule has 0 amide bonds. The molecule has 0 aliphatic carbocycles. The van der Waals surface area contributed by atoms with Crippen LogP contribution in [-0.2, 0) is 6.42 Å². The minimum absolute atomic E-state index is 0.763. The summed E-state index contributed by atoms with van der Waals surface area (Å²) in [4.78, 5) is 4.63. The van der Waals surface area contributed by atoms with Gasteiger partial charge in [-0.25, -0.2) is 4.98 Å². The van der Waals surface area contributed by atoms with Crippen LogP contribution in [0.2, 0.25) is 0 Å². The lowest BCUT2D eigenvalue weighted by Gasteiger charge is -2.10. The monoisotopic (exact) mass is 302 g/mol. The molecular formula is C18H30N4. The van der Waals surface area contributed by atoms with E-state index < -0.39 is 0 Å². The minimum atomic E-state index is 0.763. The van der Waals surface area contributed by atoms with Gasteiger partial charge in [0.15, 0.2) is 5.65 Å². The number of aryl methyl sites for hydroxylation is 2. The molecule has 22 heavy (non-hydrogen) atoms. The van der Waals surface area contributed by atoms with Crippen LogP contribution >= 0.6 is 0 Å². The van der Waals surface area contributed by atoms with Crippen molar-refractivity contribution in [3.05, 3.63) is 23.0 Å². The predicted molar refractivity (Wildman–Crippen MR) is 93.2 cm³/mol. The minimum Gasteiger partial charge on any atom is -0.383 e. The highest BCUT2D eigenvalue weighted by atomic mass is 15.3. The van der Waals surface area contributed by atoms with E-state index in [4.69, 9.17) is 5.73 Å². The van der Waals surface area contributed by atoms with Gasteiger partial charge in [-0.2, -0.15) is 9.61 Å². The maximum Gasteiger partial charge on any atom is 0.157 e. The van der Waals surface area contributed by atoms with E-state index >= 15 is 0 Å². The van der Waals surface area contributed by atoms with Gasteiger partial charge in [-0.05, 0) is 26.7 Å². The third kappa shape index (κ3) is 4.21. The fourth-order valence-corrected chi connectivity index (χ4v) is 3.04. The van der Waals surface area contributed by atoms with E-state index in [2.05, 4.69) is 23.9 Å². The smallest absolute Gasteiger partial charge is 0.157 e. The molecule has 0 saturated heterocycles. The summed E-state index contributed by atoms with van der Waals surface area (Å²) >= 11 is 0. The highest BCUT2D eigenvalue weighted by Crippen LogP contribution is 2.20. The zero-order valence-electron chi connectivity index (χ0n) is 14.4. The van der Waals surface area contributed by atoms with Crippen LogP contribution in [0, 0.1) is 13.8 Å². The molecule has 0 bridgehead atoms. The van der Waals surface area contributed by atoms with Crippen molar-refractivity contribution in [1.82, 2.24) is 14.6 Å². The van der Waals surface area contributed by atoms with Crippen molar-refractivity contribution in [1.29, 1.82) is 0 Å². The van der Waals surface area contributed by atoms with E-state index in [1.54, 1.807) is 4.52 Å². The van der Waals surface area contributed by atoms with E-state index in [9.17, 15) is 0 Å². The number of hydrogen-bond acceptors (Lipinski definition) is 3. The summed E-state index contributed by atoms with van der Waals surface area (Å²) in [7, 11) is 0. The third-order valence-corrected chi connectivity index (χ3v) is 4.35. The molecule has 0 aliphatic heterocycles. The lowest BCUT2D eigenvalue weighted by molar-refractivity contribution is 0.575. The lowest BCUT2D eigenvalue weighted by Crippen LogP contribution is -2.08. The molecular weight excluding hydrogens is 272 g/mol. The Labute approximate surface area is 134 Å². The molecule has 0 saturated carbocycles. The Bertz CT molecular complexity index is 601. The van der Waals surface area contributed by atoms with E-state index in [-0.39, 0.29) is 0 Å². The molecule has 2 N–H and O–H groups in total. The summed E-state index contributed by atoms with van der Waals surface area (Å²) in [6.45, 7) is 6.29. The predicted octanol–water partition coefficient (Wildman–Crippen LogP) is 4.61. The number of rotatable bonds is 9. The molecule has 0 atom stereocenters. The number of aromatic nitrogens is 3. The SMILES string of the molecule is CCCCCCCCCCc1c(C)nc2cc(C)nn2c1N. The Morgan fingerprint density at radius 3 is 2.32 bits per heavy atom. The number of fused-ring (bicyclic) bond motifs is 1. The van der Waals surface area contributed by atoms with E-state index in [1.807, 2.05) is 13.0 Å². The van der Waals surface area contributed by atoms with E-state index in [1.165, 1.54) is 56.9 Å². The topological polar surface area (TPSA) is 56.2 Å². The fraction of sp³-hybridized carbons (Fsp3) is 0.667. The Morgan fingerprint density at radius 2 is 1.64 bits per heavy atom. The summed E-state index contributed by atoms with van der Waals surface area (Å²) < 4.78 is 1.78. The van der Waals surface area contributed by atoms with E-state index in [0.29, 0.717) is 0 Å².